The molecule has 35 heavy (non-hydrogen) atoms. The first-order valence-corrected chi connectivity index (χ1v) is 21.0. The summed E-state index contributed by atoms with van der Waals surface area (Å²) in [6, 6.07) is 9.95. The molecule has 0 aromatic heterocycles. The topological polar surface area (TPSA) is 52.6 Å². The van der Waals surface area contributed by atoms with Crippen LogP contribution in [0.15, 0.2) is 57.7 Å². The van der Waals surface area contributed by atoms with Crippen LogP contribution in [0.1, 0.15) is 78.7 Å². The fourth-order valence-corrected chi connectivity index (χ4v) is 20.4. The summed E-state index contributed by atoms with van der Waals surface area (Å²) in [5.74, 6) is -0.623. The average Bonchev–Trinajstić information content (AvgIpc) is 2.87. The second-order valence-corrected chi connectivity index (χ2v) is 22.1. The minimum atomic E-state index is -3.18. The summed E-state index contributed by atoms with van der Waals surface area (Å²) in [7, 11) is 0. The Labute approximate surface area is 217 Å². The van der Waals surface area contributed by atoms with Crippen LogP contribution in [0.4, 0.5) is 0 Å². The number of benzene rings is 1. The van der Waals surface area contributed by atoms with E-state index in [-0.39, 0.29) is 12.6 Å². The summed E-state index contributed by atoms with van der Waals surface area (Å²) in [4.78, 5) is 26.4. The van der Waals surface area contributed by atoms with Crippen LogP contribution in [0.2, 0.25) is 13.3 Å². The van der Waals surface area contributed by atoms with E-state index < -0.39 is 24.3 Å². The number of allylic oxidation sites excluding steroid dienone is 2. The fourth-order valence-electron chi connectivity index (χ4n) is 4.33. The van der Waals surface area contributed by atoms with Gasteiger partial charge in [-0.3, -0.25) is 0 Å². The third-order valence-corrected chi connectivity index (χ3v) is 21.7. The molecule has 5 heteroatoms. The van der Waals surface area contributed by atoms with Crippen molar-refractivity contribution < 1.29 is 19.1 Å². The van der Waals surface area contributed by atoms with Crippen molar-refractivity contribution in [2.45, 2.75) is 86.5 Å². The van der Waals surface area contributed by atoms with E-state index in [0.717, 1.165) is 61.0 Å². The van der Waals surface area contributed by atoms with Crippen LogP contribution in [-0.4, -0.2) is 43.5 Å². The molecule has 4 nitrogen and oxygen atoms in total. The quantitative estimate of drug-likeness (QED) is 0.0799. The van der Waals surface area contributed by atoms with Gasteiger partial charge in [0.15, 0.2) is 0 Å². The monoisotopic (exact) mass is 590 g/mol. The van der Waals surface area contributed by atoms with Crippen molar-refractivity contribution in [3.63, 3.8) is 0 Å². The second-order valence-electron chi connectivity index (χ2n) is 8.98. The maximum absolute atomic E-state index is 13.5. The molecular formula is C30H46O4Sn. The van der Waals surface area contributed by atoms with Gasteiger partial charge in [-0.05, 0) is 0 Å². The molecule has 0 N–H and O–H groups in total. The second kappa shape index (κ2) is 18.4. The number of ether oxygens (including phenoxy) is 2. The zero-order valence-electron chi connectivity index (χ0n) is 22.6. The van der Waals surface area contributed by atoms with Gasteiger partial charge in [0, 0.05) is 0 Å². The van der Waals surface area contributed by atoms with Crippen molar-refractivity contribution in [1.82, 2.24) is 0 Å². The third-order valence-electron chi connectivity index (χ3n) is 6.27. The van der Waals surface area contributed by atoms with Crippen LogP contribution in [0.5, 0.6) is 0 Å². The number of unbranched alkanes of at least 4 members (excludes halogenated alkanes) is 3. The van der Waals surface area contributed by atoms with E-state index in [9.17, 15) is 9.59 Å². The van der Waals surface area contributed by atoms with Crippen LogP contribution in [0.25, 0.3) is 6.08 Å². The standard InChI is InChI=1S/C18H19O4.3C4H9.Sn/c1-3-21-17(19)14-13-16(18(20)22-4-2)12-8-11-15-9-6-5-7-10-15;3*1-3-4-2;/h5-13H,3-4H2,1-2H3;3*1,3-4H2,2H3;/b11-8+,14-13?,16-12+;;;;. The van der Waals surface area contributed by atoms with E-state index in [1.54, 1.807) is 13.0 Å². The van der Waals surface area contributed by atoms with Gasteiger partial charge in [-0.25, -0.2) is 0 Å². The summed E-state index contributed by atoms with van der Waals surface area (Å²) < 4.78 is 15.2. The Hall–Kier alpha value is -1.82. The molecule has 0 saturated heterocycles. The molecule has 0 fully saturated rings. The molecule has 0 heterocycles. The molecule has 0 saturated carbocycles. The van der Waals surface area contributed by atoms with Crippen LogP contribution >= 0.6 is 0 Å². The Morgan fingerprint density at radius 2 is 1.29 bits per heavy atom. The molecule has 0 amide bonds. The van der Waals surface area contributed by atoms with Crippen LogP contribution in [-0.2, 0) is 19.1 Å². The van der Waals surface area contributed by atoms with Gasteiger partial charge in [-0.15, -0.1) is 0 Å². The molecule has 0 aliphatic carbocycles. The van der Waals surface area contributed by atoms with Gasteiger partial charge in [0.25, 0.3) is 0 Å². The van der Waals surface area contributed by atoms with Crippen molar-refractivity contribution in [3.05, 3.63) is 63.3 Å². The summed E-state index contributed by atoms with van der Waals surface area (Å²) in [5.41, 5.74) is 1.47. The molecule has 0 radical (unpaired) electrons. The first-order chi connectivity index (χ1) is 17.0. The first-order valence-electron chi connectivity index (χ1n) is 13.5. The Kier molecular flexibility index (Phi) is 16.4. The van der Waals surface area contributed by atoms with Crippen LogP contribution in [0.3, 0.4) is 0 Å². The van der Waals surface area contributed by atoms with E-state index in [1.807, 2.05) is 55.5 Å². The number of hydrogen-bond acceptors (Lipinski definition) is 4. The van der Waals surface area contributed by atoms with Crippen molar-refractivity contribution in [3.8, 4) is 0 Å². The summed E-state index contributed by atoms with van der Waals surface area (Å²) in [5, 5.41) is 0. The zero-order valence-corrected chi connectivity index (χ0v) is 25.5. The Morgan fingerprint density at radius 1 is 0.771 bits per heavy atom. The van der Waals surface area contributed by atoms with Crippen LogP contribution in [0, 0.1) is 0 Å². The van der Waals surface area contributed by atoms with Crippen molar-refractivity contribution in [2.75, 3.05) is 13.2 Å². The molecule has 1 aromatic rings. The van der Waals surface area contributed by atoms with E-state index >= 15 is 0 Å². The molecule has 0 aliphatic rings. The average molecular weight is 589 g/mol. The molecule has 1 rings (SSSR count). The predicted octanol–water partition coefficient (Wildman–Crippen LogP) is 8.07. The number of esters is 2. The fraction of sp³-hybridized carbons (Fsp3) is 0.533. The number of carbonyl (C=O) groups excluding carboxylic acids is 2. The van der Waals surface area contributed by atoms with Gasteiger partial charge < -0.3 is 0 Å². The van der Waals surface area contributed by atoms with Crippen LogP contribution < -0.4 is 0 Å². The number of carbonyl (C=O) groups is 2. The molecule has 0 unspecified atom stereocenters. The van der Waals surface area contributed by atoms with E-state index in [1.165, 1.54) is 0 Å². The maximum atomic E-state index is 13.5. The number of hydrogen-bond donors (Lipinski definition) is 0. The third kappa shape index (κ3) is 11.2. The molecule has 0 atom stereocenters. The van der Waals surface area contributed by atoms with Gasteiger partial charge in [0.05, 0.1) is 0 Å². The number of rotatable bonds is 17. The molecule has 0 bridgehead atoms. The van der Waals surface area contributed by atoms with Gasteiger partial charge in [-0.2, -0.15) is 0 Å². The van der Waals surface area contributed by atoms with Gasteiger partial charge in [0.2, 0.25) is 0 Å². The minimum absolute atomic E-state index is 0.228. The molecule has 0 aliphatic heterocycles. The summed E-state index contributed by atoms with van der Waals surface area (Å²) in [6.45, 7) is 10.9. The van der Waals surface area contributed by atoms with E-state index in [0.29, 0.717) is 12.2 Å². The molecule has 0 spiro atoms. The van der Waals surface area contributed by atoms with Gasteiger partial charge in [-0.1, -0.05) is 0 Å². The zero-order chi connectivity index (χ0) is 25.9. The molecule has 1 aromatic carbocycles. The van der Waals surface area contributed by atoms with Gasteiger partial charge in [0.1, 0.15) is 0 Å². The summed E-state index contributed by atoms with van der Waals surface area (Å²) in [6.07, 6.45) is 14.1. The van der Waals surface area contributed by atoms with Crippen molar-refractivity contribution in [2.24, 2.45) is 0 Å². The first kappa shape index (κ1) is 31.2. The molecule has 194 valence electrons. The summed E-state index contributed by atoms with van der Waals surface area (Å²) >= 11 is -3.18. The van der Waals surface area contributed by atoms with Gasteiger partial charge >= 0.3 is 218 Å². The van der Waals surface area contributed by atoms with E-state index in [2.05, 4.69) is 20.8 Å². The predicted molar refractivity (Wildman–Crippen MR) is 150 cm³/mol. The Balaban J connectivity index is 3.65. The Morgan fingerprint density at radius 3 is 1.77 bits per heavy atom. The van der Waals surface area contributed by atoms with Crippen molar-refractivity contribution in [1.29, 1.82) is 0 Å². The van der Waals surface area contributed by atoms with E-state index in [4.69, 9.17) is 9.47 Å². The SMILES string of the molecule is CCC[CH2][Sn]([CH2]CCC)([CH2]CCC)\[C](=C/C(=C\C=C\c1ccccc1)C(=O)OCC)C(=O)OCC. The Bertz CT molecular complexity index is 817. The molecular weight excluding hydrogens is 543 g/mol. The normalized spacial score (nSPS) is 12.7. The van der Waals surface area contributed by atoms with Crippen molar-refractivity contribution >= 4 is 36.4 Å².